The number of methoxy groups -OCH3 is 2. The largest absolute Gasteiger partial charge is 0.496 e. The van der Waals surface area contributed by atoms with Gasteiger partial charge in [-0.1, -0.05) is 0 Å². The molecule has 0 atom stereocenters. The number of benzene rings is 1. The first-order chi connectivity index (χ1) is 9.05. The van der Waals surface area contributed by atoms with Gasteiger partial charge in [-0.3, -0.25) is 0 Å². The number of hydrogen-bond acceptors (Lipinski definition) is 4. The summed E-state index contributed by atoms with van der Waals surface area (Å²) < 4.78 is 10.8. The lowest BCUT2D eigenvalue weighted by Gasteiger charge is -2.13. The molecule has 0 aliphatic rings. The molecule has 0 unspecified atom stereocenters. The summed E-state index contributed by atoms with van der Waals surface area (Å²) in [5.74, 6) is 2.36. The molecular formula is C15H18N2O2. The van der Waals surface area contributed by atoms with Gasteiger partial charge in [0, 0.05) is 11.3 Å². The highest BCUT2D eigenvalue weighted by Crippen LogP contribution is 2.35. The molecule has 2 rings (SSSR count). The fraction of sp³-hybridized carbons (Fsp3) is 0.333. The fourth-order valence-electron chi connectivity index (χ4n) is 2.11. The molecule has 0 aliphatic heterocycles. The zero-order valence-corrected chi connectivity index (χ0v) is 11.9. The van der Waals surface area contributed by atoms with E-state index in [1.165, 1.54) is 0 Å². The molecule has 1 aromatic heterocycles. The zero-order valence-electron chi connectivity index (χ0n) is 11.9. The first-order valence-corrected chi connectivity index (χ1v) is 6.10. The predicted octanol–water partition coefficient (Wildman–Crippen LogP) is 3.09. The Morgan fingerprint density at radius 3 is 2.11 bits per heavy atom. The Labute approximate surface area is 113 Å². The second-order valence-electron chi connectivity index (χ2n) is 4.46. The minimum absolute atomic E-state index is 0.747. The van der Waals surface area contributed by atoms with Crippen LogP contribution in [0.3, 0.4) is 0 Å². The van der Waals surface area contributed by atoms with Gasteiger partial charge < -0.3 is 9.47 Å². The molecule has 0 spiro atoms. The molecule has 4 heteroatoms. The lowest BCUT2D eigenvalue weighted by molar-refractivity contribution is 0.401. The Morgan fingerprint density at radius 1 is 0.842 bits per heavy atom. The topological polar surface area (TPSA) is 44.2 Å². The zero-order chi connectivity index (χ0) is 14.0. The van der Waals surface area contributed by atoms with Gasteiger partial charge in [0.1, 0.15) is 17.3 Å². The van der Waals surface area contributed by atoms with Crippen LogP contribution in [0.15, 0.2) is 18.2 Å². The number of rotatable bonds is 3. The van der Waals surface area contributed by atoms with Crippen molar-refractivity contribution in [2.24, 2.45) is 0 Å². The molecule has 0 radical (unpaired) electrons. The van der Waals surface area contributed by atoms with E-state index >= 15 is 0 Å². The van der Waals surface area contributed by atoms with Crippen LogP contribution >= 0.6 is 0 Å². The summed E-state index contributed by atoms with van der Waals surface area (Å²) in [7, 11) is 3.32. The molecule has 100 valence electrons. The summed E-state index contributed by atoms with van der Waals surface area (Å²) in [6.45, 7) is 5.83. The van der Waals surface area contributed by atoms with Gasteiger partial charge in [0.05, 0.1) is 19.9 Å². The lowest BCUT2D eigenvalue weighted by Crippen LogP contribution is -1.98. The molecule has 0 bridgehead atoms. The van der Waals surface area contributed by atoms with Gasteiger partial charge in [-0.05, 0) is 44.5 Å². The minimum atomic E-state index is 0.747. The predicted molar refractivity (Wildman–Crippen MR) is 74.8 cm³/mol. The van der Waals surface area contributed by atoms with Crippen molar-refractivity contribution in [2.45, 2.75) is 20.8 Å². The second-order valence-corrected chi connectivity index (χ2v) is 4.46. The minimum Gasteiger partial charge on any atom is -0.496 e. The quantitative estimate of drug-likeness (QED) is 0.848. The van der Waals surface area contributed by atoms with Gasteiger partial charge in [-0.2, -0.15) is 0 Å². The highest BCUT2D eigenvalue weighted by molar-refractivity contribution is 5.70. The van der Waals surface area contributed by atoms with Crippen LogP contribution in [0.5, 0.6) is 11.5 Å². The van der Waals surface area contributed by atoms with Crippen LogP contribution in [0.4, 0.5) is 0 Å². The Kier molecular flexibility index (Phi) is 3.69. The molecule has 1 heterocycles. The monoisotopic (exact) mass is 258 g/mol. The molecule has 0 amide bonds. The fourth-order valence-corrected chi connectivity index (χ4v) is 2.11. The van der Waals surface area contributed by atoms with Crippen molar-refractivity contribution >= 4 is 0 Å². The number of ether oxygens (including phenoxy) is 2. The SMILES string of the molecule is COc1cc(-c2cc(C)nc(C)n2)c(OC)cc1C. The Morgan fingerprint density at radius 2 is 1.53 bits per heavy atom. The standard InChI is InChI=1S/C15H18N2O2/c1-9-6-15(19-5)12(8-14(9)18-4)13-7-10(2)16-11(3)17-13/h6-8H,1-5H3. The third kappa shape index (κ3) is 2.67. The van der Waals surface area contributed by atoms with Gasteiger partial charge >= 0.3 is 0 Å². The maximum atomic E-state index is 5.44. The molecule has 0 saturated carbocycles. The van der Waals surface area contributed by atoms with Crippen LogP contribution in [0, 0.1) is 20.8 Å². The summed E-state index contributed by atoms with van der Waals surface area (Å²) in [4.78, 5) is 8.76. The molecule has 1 aromatic carbocycles. The van der Waals surface area contributed by atoms with E-state index in [-0.39, 0.29) is 0 Å². The van der Waals surface area contributed by atoms with Gasteiger partial charge in [0.15, 0.2) is 0 Å². The summed E-state index contributed by atoms with van der Waals surface area (Å²) in [5.41, 5.74) is 3.73. The molecular weight excluding hydrogens is 240 g/mol. The van der Waals surface area contributed by atoms with Crippen molar-refractivity contribution in [1.29, 1.82) is 0 Å². The highest BCUT2D eigenvalue weighted by Gasteiger charge is 2.12. The van der Waals surface area contributed by atoms with E-state index in [1.807, 2.05) is 39.0 Å². The van der Waals surface area contributed by atoms with E-state index in [1.54, 1.807) is 14.2 Å². The van der Waals surface area contributed by atoms with E-state index in [2.05, 4.69) is 9.97 Å². The summed E-state index contributed by atoms with van der Waals surface area (Å²) >= 11 is 0. The third-order valence-electron chi connectivity index (χ3n) is 2.96. The van der Waals surface area contributed by atoms with E-state index in [0.29, 0.717) is 0 Å². The Hall–Kier alpha value is -2.10. The normalized spacial score (nSPS) is 10.4. The Balaban J connectivity index is 2.65. The van der Waals surface area contributed by atoms with Gasteiger partial charge in [-0.25, -0.2) is 9.97 Å². The van der Waals surface area contributed by atoms with Crippen LogP contribution in [0.1, 0.15) is 17.1 Å². The van der Waals surface area contributed by atoms with Crippen LogP contribution < -0.4 is 9.47 Å². The third-order valence-corrected chi connectivity index (χ3v) is 2.96. The van der Waals surface area contributed by atoms with Crippen LogP contribution in [-0.4, -0.2) is 24.2 Å². The number of nitrogens with zero attached hydrogens (tertiary/aromatic N) is 2. The smallest absolute Gasteiger partial charge is 0.128 e. The van der Waals surface area contributed by atoms with Crippen molar-refractivity contribution in [3.8, 4) is 22.8 Å². The van der Waals surface area contributed by atoms with Crippen molar-refractivity contribution in [1.82, 2.24) is 9.97 Å². The average molecular weight is 258 g/mol. The van der Waals surface area contributed by atoms with E-state index < -0.39 is 0 Å². The molecule has 0 N–H and O–H groups in total. The van der Waals surface area contributed by atoms with E-state index in [0.717, 1.165) is 39.8 Å². The van der Waals surface area contributed by atoms with Crippen molar-refractivity contribution in [2.75, 3.05) is 14.2 Å². The molecule has 19 heavy (non-hydrogen) atoms. The second kappa shape index (κ2) is 5.26. The Bertz CT molecular complexity index is 589. The van der Waals surface area contributed by atoms with Gasteiger partial charge in [0.25, 0.3) is 0 Å². The highest BCUT2D eigenvalue weighted by atomic mass is 16.5. The lowest BCUT2D eigenvalue weighted by atomic mass is 10.1. The van der Waals surface area contributed by atoms with Crippen LogP contribution in [0.2, 0.25) is 0 Å². The van der Waals surface area contributed by atoms with Gasteiger partial charge in [-0.15, -0.1) is 0 Å². The first kappa shape index (κ1) is 13.3. The summed E-state index contributed by atoms with van der Waals surface area (Å²) in [6.07, 6.45) is 0. The number of aromatic nitrogens is 2. The maximum Gasteiger partial charge on any atom is 0.128 e. The maximum absolute atomic E-state index is 5.44. The van der Waals surface area contributed by atoms with Crippen LogP contribution in [-0.2, 0) is 0 Å². The van der Waals surface area contributed by atoms with Crippen molar-refractivity contribution in [3.63, 3.8) is 0 Å². The van der Waals surface area contributed by atoms with E-state index in [4.69, 9.17) is 9.47 Å². The summed E-state index contributed by atoms with van der Waals surface area (Å²) in [5, 5.41) is 0. The van der Waals surface area contributed by atoms with Crippen molar-refractivity contribution in [3.05, 3.63) is 35.3 Å². The molecule has 0 saturated heterocycles. The summed E-state index contributed by atoms with van der Waals surface area (Å²) in [6, 6.07) is 5.86. The molecule has 4 nitrogen and oxygen atoms in total. The molecule has 2 aromatic rings. The molecule has 0 aliphatic carbocycles. The number of aryl methyl sites for hydroxylation is 3. The average Bonchev–Trinajstić information content (AvgIpc) is 2.37. The van der Waals surface area contributed by atoms with Crippen LogP contribution in [0.25, 0.3) is 11.3 Å². The van der Waals surface area contributed by atoms with E-state index in [9.17, 15) is 0 Å². The van der Waals surface area contributed by atoms with Crippen molar-refractivity contribution < 1.29 is 9.47 Å². The number of hydrogen-bond donors (Lipinski definition) is 0. The van der Waals surface area contributed by atoms with Gasteiger partial charge in [0.2, 0.25) is 0 Å². The first-order valence-electron chi connectivity index (χ1n) is 6.10. The molecule has 0 fully saturated rings.